The Hall–Kier alpha value is -0.960. The normalized spacial score (nSPS) is 18.2. The van der Waals surface area contributed by atoms with Gasteiger partial charge in [-0.3, -0.25) is 0 Å². The molecule has 1 aliphatic rings. The van der Waals surface area contributed by atoms with Gasteiger partial charge in [-0.1, -0.05) is 15.9 Å². The Morgan fingerprint density at radius 1 is 1.48 bits per heavy atom. The highest BCUT2D eigenvalue weighted by atomic mass is 79.9. The van der Waals surface area contributed by atoms with Crippen LogP contribution in [0.25, 0.3) is 0 Å². The van der Waals surface area contributed by atoms with Gasteiger partial charge >= 0.3 is 5.97 Å². The van der Waals surface area contributed by atoms with E-state index in [0.29, 0.717) is 0 Å². The van der Waals surface area contributed by atoms with E-state index in [1.165, 1.54) is 4.31 Å². The number of rotatable bonds is 5. The quantitative estimate of drug-likeness (QED) is 0.842. The lowest BCUT2D eigenvalue weighted by Gasteiger charge is -2.46. The van der Waals surface area contributed by atoms with Gasteiger partial charge in [-0.15, -0.1) is 0 Å². The highest BCUT2D eigenvalue weighted by Crippen LogP contribution is 2.31. The Morgan fingerprint density at radius 2 is 2.10 bits per heavy atom. The van der Waals surface area contributed by atoms with Crippen molar-refractivity contribution in [3.05, 3.63) is 28.2 Å². The molecule has 0 aliphatic carbocycles. The number of halogens is 1. The van der Waals surface area contributed by atoms with Crippen LogP contribution < -0.4 is 0 Å². The lowest BCUT2D eigenvalue weighted by molar-refractivity contribution is -0.157. The number of ether oxygens (including phenoxy) is 1. The molecule has 1 heterocycles. The van der Waals surface area contributed by atoms with Crippen LogP contribution in [0.1, 0.15) is 12.5 Å². The zero-order valence-corrected chi connectivity index (χ0v) is 14.1. The molecular formula is C13H16BrNO5S. The SMILES string of the molecule is Cc1cc(S(=O)(=O)N2CC(C)(OCC(=O)O)C2)ccc1Br. The van der Waals surface area contributed by atoms with Gasteiger partial charge in [0.1, 0.15) is 6.61 Å². The smallest absolute Gasteiger partial charge is 0.329 e. The first-order chi connectivity index (χ1) is 9.64. The van der Waals surface area contributed by atoms with E-state index in [2.05, 4.69) is 15.9 Å². The maximum Gasteiger partial charge on any atom is 0.329 e. The van der Waals surface area contributed by atoms with Crippen LogP contribution in [0.3, 0.4) is 0 Å². The molecule has 1 aromatic rings. The van der Waals surface area contributed by atoms with Crippen molar-refractivity contribution in [2.24, 2.45) is 0 Å². The molecule has 2 rings (SSSR count). The van der Waals surface area contributed by atoms with Crippen LogP contribution in [0.15, 0.2) is 27.6 Å². The molecule has 0 atom stereocenters. The molecule has 6 nitrogen and oxygen atoms in total. The molecule has 21 heavy (non-hydrogen) atoms. The first-order valence-corrected chi connectivity index (χ1v) is 8.49. The Balaban J connectivity index is 2.09. The first-order valence-electron chi connectivity index (χ1n) is 6.26. The van der Waals surface area contributed by atoms with Gasteiger partial charge in [0.05, 0.1) is 10.5 Å². The van der Waals surface area contributed by atoms with Crippen molar-refractivity contribution in [1.82, 2.24) is 4.31 Å². The molecule has 0 saturated carbocycles. The largest absolute Gasteiger partial charge is 0.480 e. The summed E-state index contributed by atoms with van der Waals surface area (Å²) >= 11 is 3.33. The molecule has 1 aliphatic heterocycles. The van der Waals surface area contributed by atoms with Crippen molar-refractivity contribution in [3.8, 4) is 0 Å². The third-order valence-corrected chi connectivity index (χ3v) is 6.01. The average Bonchev–Trinajstić information content (AvgIpc) is 2.36. The predicted molar refractivity (Wildman–Crippen MR) is 79.6 cm³/mol. The summed E-state index contributed by atoms with van der Waals surface area (Å²) in [6.07, 6.45) is 0. The maximum absolute atomic E-state index is 12.4. The Bertz CT molecular complexity index is 667. The first kappa shape index (κ1) is 16.4. The van der Waals surface area contributed by atoms with Crippen molar-refractivity contribution in [3.63, 3.8) is 0 Å². The number of sulfonamides is 1. The van der Waals surface area contributed by atoms with E-state index >= 15 is 0 Å². The fraction of sp³-hybridized carbons (Fsp3) is 0.462. The topological polar surface area (TPSA) is 83.9 Å². The minimum absolute atomic E-state index is 0.151. The summed E-state index contributed by atoms with van der Waals surface area (Å²) < 4.78 is 32.2. The summed E-state index contributed by atoms with van der Waals surface area (Å²) in [5.41, 5.74) is 0.0945. The van der Waals surface area contributed by atoms with Gasteiger partial charge in [-0.2, -0.15) is 4.31 Å². The summed E-state index contributed by atoms with van der Waals surface area (Å²) in [6.45, 7) is 3.39. The highest BCUT2D eigenvalue weighted by Gasteiger charge is 2.46. The molecule has 1 saturated heterocycles. The Labute approximate surface area is 131 Å². The molecule has 0 unspecified atom stereocenters. The summed E-state index contributed by atoms with van der Waals surface area (Å²) in [4.78, 5) is 10.7. The van der Waals surface area contributed by atoms with Gasteiger partial charge < -0.3 is 9.84 Å². The highest BCUT2D eigenvalue weighted by molar-refractivity contribution is 9.10. The number of benzene rings is 1. The number of carboxylic acids is 1. The van der Waals surface area contributed by atoms with E-state index in [1.54, 1.807) is 25.1 Å². The van der Waals surface area contributed by atoms with Crippen molar-refractivity contribution in [2.45, 2.75) is 24.3 Å². The van der Waals surface area contributed by atoms with Crippen LogP contribution in [0.2, 0.25) is 0 Å². The van der Waals surface area contributed by atoms with Gasteiger partial charge in [0.2, 0.25) is 10.0 Å². The van der Waals surface area contributed by atoms with E-state index < -0.39 is 28.2 Å². The number of aryl methyl sites for hydroxylation is 1. The third kappa shape index (κ3) is 3.45. The van der Waals surface area contributed by atoms with Crippen LogP contribution >= 0.6 is 15.9 Å². The molecule has 1 N–H and O–H groups in total. The van der Waals surface area contributed by atoms with Gasteiger partial charge in [0.25, 0.3) is 0 Å². The van der Waals surface area contributed by atoms with Crippen LogP contribution in [-0.4, -0.2) is 49.1 Å². The second kappa shape index (κ2) is 5.68. The monoisotopic (exact) mass is 377 g/mol. The number of aliphatic carboxylic acids is 1. The number of carboxylic acid groups (broad SMARTS) is 1. The second-order valence-electron chi connectivity index (χ2n) is 5.32. The average molecular weight is 378 g/mol. The van der Waals surface area contributed by atoms with Crippen molar-refractivity contribution in [2.75, 3.05) is 19.7 Å². The van der Waals surface area contributed by atoms with Crippen LogP contribution in [0.4, 0.5) is 0 Å². The van der Waals surface area contributed by atoms with Gasteiger partial charge in [0, 0.05) is 17.6 Å². The number of hydrogen-bond acceptors (Lipinski definition) is 4. The lowest BCUT2D eigenvalue weighted by atomic mass is 10.0. The standard InChI is InChI=1S/C13H16BrNO5S/c1-9-5-10(3-4-11(9)14)21(18,19)15-7-13(2,8-15)20-6-12(16)17/h3-5H,6-8H2,1-2H3,(H,16,17). The number of carbonyl (C=O) groups is 1. The Kier molecular flexibility index (Phi) is 4.44. The summed E-state index contributed by atoms with van der Waals surface area (Å²) in [7, 11) is -3.57. The zero-order chi connectivity index (χ0) is 15.8. The van der Waals surface area contributed by atoms with Crippen molar-refractivity contribution >= 4 is 31.9 Å². The van der Waals surface area contributed by atoms with E-state index in [0.717, 1.165) is 10.0 Å². The number of hydrogen-bond donors (Lipinski definition) is 1. The summed E-state index contributed by atoms with van der Waals surface area (Å²) in [5.74, 6) is -1.07. The maximum atomic E-state index is 12.4. The molecule has 0 spiro atoms. The Morgan fingerprint density at radius 3 is 2.62 bits per heavy atom. The molecule has 8 heteroatoms. The van der Waals surface area contributed by atoms with E-state index in [4.69, 9.17) is 9.84 Å². The molecule has 0 bridgehead atoms. The molecule has 116 valence electrons. The van der Waals surface area contributed by atoms with Gasteiger partial charge in [0.15, 0.2) is 0 Å². The molecule has 0 aromatic heterocycles. The molecule has 0 amide bonds. The van der Waals surface area contributed by atoms with Gasteiger partial charge in [-0.25, -0.2) is 13.2 Å². The summed E-state index contributed by atoms with van der Waals surface area (Å²) in [6, 6.07) is 4.84. The fourth-order valence-corrected chi connectivity index (χ4v) is 4.12. The third-order valence-electron chi connectivity index (χ3n) is 3.33. The fourth-order valence-electron chi connectivity index (χ4n) is 2.12. The van der Waals surface area contributed by atoms with Crippen molar-refractivity contribution < 1.29 is 23.1 Å². The van der Waals surface area contributed by atoms with Crippen molar-refractivity contribution in [1.29, 1.82) is 0 Å². The molecule has 0 radical (unpaired) electrons. The molecular weight excluding hydrogens is 362 g/mol. The minimum atomic E-state index is -3.57. The molecule has 1 aromatic carbocycles. The van der Waals surface area contributed by atoms with E-state index in [-0.39, 0.29) is 18.0 Å². The summed E-state index contributed by atoms with van der Waals surface area (Å²) in [5, 5.41) is 8.60. The zero-order valence-electron chi connectivity index (χ0n) is 11.7. The van der Waals surface area contributed by atoms with Crippen LogP contribution in [0.5, 0.6) is 0 Å². The van der Waals surface area contributed by atoms with E-state index in [9.17, 15) is 13.2 Å². The number of nitrogens with zero attached hydrogens (tertiary/aromatic N) is 1. The lowest BCUT2D eigenvalue weighted by Crippen LogP contribution is -2.63. The predicted octanol–water partition coefficient (Wildman–Crippen LogP) is 1.62. The van der Waals surface area contributed by atoms with E-state index in [1.807, 2.05) is 6.92 Å². The van der Waals surface area contributed by atoms with Crippen LogP contribution in [0, 0.1) is 6.92 Å². The van der Waals surface area contributed by atoms with Gasteiger partial charge in [-0.05, 0) is 37.6 Å². The minimum Gasteiger partial charge on any atom is -0.480 e. The van der Waals surface area contributed by atoms with Crippen LogP contribution in [-0.2, 0) is 19.6 Å². The second-order valence-corrected chi connectivity index (χ2v) is 8.11. The molecule has 1 fully saturated rings.